The predicted molar refractivity (Wildman–Crippen MR) is 110 cm³/mol. The van der Waals surface area contributed by atoms with Crippen molar-refractivity contribution in [3.8, 4) is 17.1 Å². The van der Waals surface area contributed by atoms with Gasteiger partial charge in [0.15, 0.2) is 5.82 Å². The van der Waals surface area contributed by atoms with Crippen LogP contribution in [0.1, 0.15) is 12.5 Å². The molecule has 0 spiro atoms. The molecule has 2 N–H and O–H groups in total. The number of benzene rings is 2. The van der Waals surface area contributed by atoms with Gasteiger partial charge in [-0.1, -0.05) is 42.1 Å². The first-order valence-electron chi connectivity index (χ1n) is 8.96. The molecule has 144 valence electrons. The Hall–Kier alpha value is -3.00. The number of nitrogen functional groups attached to an aromatic ring is 1. The van der Waals surface area contributed by atoms with Crippen molar-refractivity contribution in [3.63, 3.8) is 0 Å². The van der Waals surface area contributed by atoms with Gasteiger partial charge in [0.05, 0.1) is 18.4 Å². The molecule has 2 aromatic carbocycles. The first-order chi connectivity index (χ1) is 13.6. The van der Waals surface area contributed by atoms with Crippen molar-refractivity contribution in [2.75, 3.05) is 23.6 Å². The van der Waals surface area contributed by atoms with Gasteiger partial charge < -0.3 is 15.5 Å². The number of fused-ring (bicyclic) bond motifs is 1. The molecule has 1 unspecified atom stereocenters. The molecule has 0 fully saturated rings. The van der Waals surface area contributed by atoms with Crippen LogP contribution in [-0.4, -0.2) is 39.7 Å². The van der Waals surface area contributed by atoms with Crippen LogP contribution in [0.4, 0.5) is 5.69 Å². The van der Waals surface area contributed by atoms with Gasteiger partial charge >= 0.3 is 0 Å². The number of methoxy groups -OCH3 is 1. The van der Waals surface area contributed by atoms with E-state index in [1.165, 1.54) is 22.0 Å². The molecular formula is C20H21N5O2S. The summed E-state index contributed by atoms with van der Waals surface area (Å²) in [6.07, 6.45) is 0.873. The van der Waals surface area contributed by atoms with Gasteiger partial charge in [0, 0.05) is 11.7 Å². The molecule has 4 rings (SSSR count). The van der Waals surface area contributed by atoms with Crippen LogP contribution < -0.4 is 15.5 Å². The first kappa shape index (κ1) is 18.4. The van der Waals surface area contributed by atoms with Crippen molar-refractivity contribution in [2.45, 2.75) is 24.5 Å². The van der Waals surface area contributed by atoms with Gasteiger partial charge in [-0.3, -0.25) is 4.79 Å². The van der Waals surface area contributed by atoms with Crippen molar-refractivity contribution in [2.24, 2.45) is 0 Å². The van der Waals surface area contributed by atoms with Crippen molar-refractivity contribution in [3.05, 3.63) is 54.1 Å². The number of carbonyl (C=O) groups is 1. The lowest BCUT2D eigenvalue weighted by Gasteiger charge is -2.22. The number of carbonyl (C=O) groups excluding carboxylic acids is 1. The predicted octanol–water partition coefficient (Wildman–Crippen LogP) is 2.74. The van der Waals surface area contributed by atoms with Gasteiger partial charge in [-0.15, -0.1) is 10.2 Å². The van der Waals surface area contributed by atoms with E-state index in [-0.39, 0.29) is 17.7 Å². The maximum atomic E-state index is 12.9. The Bertz CT molecular complexity index is 1020. The van der Waals surface area contributed by atoms with E-state index in [4.69, 9.17) is 10.6 Å². The summed E-state index contributed by atoms with van der Waals surface area (Å²) in [6.45, 7) is 2.06. The molecule has 1 aromatic heterocycles. The molecule has 0 radical (unpaired) electrons. The van der Waals surface area contributed by atoms with E-state index in [1.54, 1.807) is 7.11 Å². The quantitative estimate of drug-likeness (QED) is 0.528. The van der Waals surface area contributed by atoms with E-state index in [0.29, 0.717) is 16.7 Å². The fraction of sp³-hybridized carbons (Fsp3) is 0.250. The molecule has 1 atom stereocenters. The monoisotopic (exact) mass is 395 g/mol. The lowest BCUT2D eigenvalue weighted by Crippen LogP contribution is -2.37. The van der Waals surface area contributed by atoms with Crippen LogP contribution in [0.15, 0.2) is 53.7 Å². The van der Waals surface area contributed by atoms with Gasteiger partial charge in [0.25, 0.3) is 0 Å². The Morgan fingerprint density at radius 3 is 2.79 bits per heavy atom. The van der Waals surface area contributed by atoms with E-state index in [9.17, 15) is 4.79 Å². The zero-order valence-electron chi connectivity index (χ0n) is 15.7. The van der Waals surface area contributed by atoms with Gasteiger partial charge in [-0.25, -0.2) is 4.68 Å². The highest BCUT2D eigenvalue weighted by atomic mass is 32.2. The summed E-state index contributed by atoms with van der Waals surface area (Å²) in [4.78, 5) is 14.7. The minimum Gasteiger partial charge on any atom is -0.496 e. The highest BCUT2D eigenvalue weighted by molar-refractivity contribution is 7.99. The maximum absolute atomic E-state index is 12.9. The van der Waals surface area contributed by atoms with Crippen LogP contribution >= 0.6 is 11.8 Å². The third-order valence-corrected chi connectivity index (χ3v) is 5.74. The number of para-hydroxylation sites is 2. The molecule has 8 heteroatoms. The van der Waals surface area contributed by atoms with Gasteiger partial charge in [-0.2, -0.15) is 0 Å². The summed E-state index contributed by atoms with van der Waals surface area (Å²) in [6, 6.07) is 15.6. The topological polar surface area (TPSA) is 86.3 Å². The molecule has 1 aliphatic rings. The van der Waals surface area contributed by atoms with Crippen molar-refractivity contribution < 1.29 is 9.53 Å². The van der Waals surface area contributed by atoms with Gasteiger partial charge in [-0.05, 0) is 37.1 Å². The maximum Gasteiger partial charge on any atom is 0.237 e. The number of anilines is 1. The molecule has 1 amide bonds. The van der Waals surface area contributed by atoms with E-state index in [0.717, 1.165) is 17.7 Å². The third-order valence-electron chi connectivity index (χ3n) is 4.81. The summed E-state index contributed by atoms with van der Waals surface area (Å²) in [5.74, 6) is 7.62. The summed E-state index contributed by atoms with van der Waals surface area (Å²) in [7, 11) is 1.60. The van der Waals surface area contributed by atoms with Crippen molar-refractivity contribution in [1.82, 2.24) is 14.9 Å². The molecule has 0 bridgehead atoms. The largest absolute Gasteiger partial charge is 0.496 e. The lowest BCUT2D eigenvalue weighted by atomic mass is 10.1. The van der Waals surface area contributed by atoms with Gasteiger partial charge in [0.1, 0.15) is 5.75 Å². The van der Waals surface area contributed by atoms with E-state index < -0.39 is 0 Å². The number of thioether (sulfide) groups is 1. The Labute approximate surface area is 167 Å². The Balaban J connectivity index is 1.51. The minimum atomic E-state index is 0.0318. The normalized spacial score (nSPS) is 15.5. The van der Waals surface area contributed by atoms with Crippen LogP contribution in [0.2, 0.25) is 0 Å². The summed E-state index contributed by atoms with van der Waals surface area (Å²) in [5.41, 5.74) is 2.94. The van der Waals surface area contributed by atoms with Crippen LogP contribution in [0.3, 0.4) is 0 Å². The Kier molecular flexibility index (Phi) is 4.95. The minimum absolute atomic E-state index is 0.0318. The second-order valence-corrected chi connectivity index (χ2v) is 7.55. The molecule has 0 saturated heterocycles. The Morgan fingerprint density at radius 2 is 1.96 bits per heavy atom. The number of nitrogens with zero attached hydrogens (tertiary/aromatic N) is 4. The number of amides is 1. The van der Waals surface area contributed by atoms with E-state index in [2.05, 4.69) is 23.2 Å². The molecule has 7 nitrogen and oxygen atoms in total. The van der Waals surface area contributed by atoms with E-state index in [1.807, 2.05) is 47.4 Å². The second kappa shape index (κ2) is 7.55. The highest BCUT2D eigenvalue weighted by Gasteiger charge is 2.30. The third kappa shape index (κ3) is 3.20. The average Bonchev–Trinajstić information content (AvgIpc) is 3.24. The van der Waals surface area contributed by atoms with Crippen molar-refractivity contribution >= 4 is 23.4 Å². The highest BCUT2D eigenvalue weighted by Crippen LogP contribution is 2.33. The lowest BCUT2D eigenvalue weighted by molar-refractivity contribution is -0.116. The van der Waals surface area contributed by atoms with Crippen LogP contribution in [0.25, 0.3) is 11.4 Å². The fourth-order valence-corrected chi connectivity index (χ4v) is 4.25. The molecule has 28 heavy (non-hydrogen) atoms. The number of hydrogen-bond acceptors (Lipinski definition) is 6. The van der Waals surface area contributed by atoms with Crippen molar-refractivity contribution in [1.29, 1.82) is 0 Å². The number of ether oxygens (including phenoxy) is 1. The molecule has 3 aromatic rings. The molecular weight excluding hydrogens is 374 g/mol. The van der Waals surface area contributed by atoms with Crippen LogP contribution in [0, 0.1) is 0 Å². The SMILES string of the molecule is COc1ccccc1-c1nnc(SCC(=O)N2c3ccccc3CC2C)n1N. The number of hydrogen-bond donors (Lipinski definition) is 1. The Morgan fingerprint density at radius 1 is 1.21 bits per heavy atom. The average molecular weight is 395 g/mol. The molecule has 0 aliphatic carbocycles. The van der Waals surface area contributed by atoms with Gasteiger partial charge in [0.2, 0.25) is 11.1 Å². The zero-order chi connectivity index (χ0) is 19.7. The fourth-order valence-electron chi connectivity index (χ4n) is 3.53. The summed E-state index contributed by atoms with van der Waals surface area (Å²) >= 11 is 1.28. The van der Waals surface area contributed by atoms with Crippen LogP contribution in [-0.2, 0) is 11.2 Å². The smallest absolute Gasteiger partial charge is 0.237 e. The zero-order valence-corrected chi connectivity index (χ0v) is 16.5. The molecule has 1 aliphatic heterocycles. The number of rotatable bonds is 5. The summed E-state index contributed by atoms with van der Waals surface area (Å²) in [5, 5.41) is 8.82. The summed E-state index contributed by atoms with van der Waals surface area (Å²) < 4.78 is 6.77. The number of aromatic nitrogens is 3. The first-order valence-corrected chi connectivity index (χ1v) is 9.95. The van der Waals surface area contributed by atoms with E-state index >= 15 is 0 Å². The van der Waals surface area contributed by atoms with Crippen LogP contribution in [0.5, 0.6) is 5.75 Å². The second-order valence-electron chi connectivity index (χ2n) is 6.61. The molecule has 0 saturated carbocycles. The molecule has 2 heterocycles. The number of nitrogens with two attached hydrogens (primary N) is 1. The standard InChI is InChI=1S/C20H21N5O2S/c1-13-11-14-7-3-5-9-16(14)24(13)18(26)12-28-20-23-22-19(25(20)21)15-8-4-6-10-17(15)27-2/h3-10,13H,11-12,21H2,1-2H3.